The van der Waals surface area contributed by atoms with Crippen molar-refractivity contribution in [1.82, 2.24) is 15.5 Å². The van der Waals surface area contributed by atoms with E-state index in [1.54, 1.807) is 18.4 Å². The first-order chi connectivity index (χ1) is 9.79. The number of nitrogens with zero attached hydrogens (tertiary/aromatic N) is 2. The Morgan fingerprint density at radius 1 is 1.50 bits per heavy atom. The molecule has 7 heteroatoms. The molecule has 20 heavy (non-hydrogen) atoms. The molecule has 2 heterocycles. The standard InChI is InChI=1S/C13H17N3O3S/c1-18-7-2-6-14-11(17)3-4-12-15-16-13(19-12)10-5-8-20-9-10/h5,8-9H,2-4,6-7H2,1H3,(H,14,17). The number of ether oxygens (including phenoxy) is 1. The molecule has 0 saturated heterocycles. The van der Waals surface area contributed by atoms with Gasteiger partial charge < -0.3 is 14.5 Å². The van der Waals surface area contributed by atoms with Gasteiger partial charge in [0.15, 0.2) is 0 Å². The van der Waals surface area contributed by atoms with Gasteiger partial charge in [-0.1, -0.05) is 0 Å². The van der Waals surface area contributed by atoms with Crippen LogP contribution in [0.15, 0.2) is 21.2 Å². The van der Waals surface area contributed by atoms with Crippen LogP contribution in [0.5, 0.6) is 0 Å². The molecular weight excluding hydrogens is 278 g/mol. The molecule has 0 spiro atoms. The molecule has 108 valence electrons. The minimum absolute atomic E-state index is 0.0172. The topological polar surface area (TPSA) is 77.2 Å². The van der Waals surface area contributed by atoms with Gasteiger partial charge in [0.25, 0.3) is 0 Å². The van der Waals surface area contributed by atoms with E-state index >= 15 is 0 Å². The Morgan fingerprint density at radius 3 is 3.15 bits per heavy atom. The summed E-state index contributed by atoms with van der Waals surface area (Å²) in [5.41, 5.74) is 0.915. The molecule has 1 N–H and O–H groups in total. The zero-order valence-electron chi connectivity index (χ0n) is 11.3. The number of carbonyl (C=O) groups excluding carboxylic acids is 1. The Morgan fingerprint density at radius 2 is 2.40 bits per heavy atom. The van der Waals surface area contributed by atoms with Crippen molar-refractivity contribution in [3.63, 3.8) is 0 Å². The normalized spacial score (nSPS) is 10.7. The summed E-state index contributed by atoms with van der Waals surface area (Å²) in [6.07, 6.45) is 1.61. The first-order valence-corrected chi connectivity index (χ1v) is 7.34. The molecule has 0 fully saturated rings. The number of hydrogen-bond donors (Lipinski definition) is 1. The van der Waals surface area contributed by atoms with Gasteiger partial charge in [-0.05, 0) is 17.9 Å². The van der Waals surface area contributed by atoms with Crippen LogP contribution in [-0.4, -0.2) is 36.4 Å². The van der Waals surface area contributed by atoms with Gasteiger partial charge in [-0.25, -0.2) is 0 Å². The second-order valence-corrected chi connectivity index (χ2v) is 4.99. The highest BCUT2D eigenvalue weighted by Crippen LogP contribution is 2.20. The van der Waals surface area contributed by atoms with Crippen LogP contribution in [0.1, 0.15) is 18.7 Å². The van der Waals surface area contributed by atoms with Gasteiger partial charge in [-0.3, -0.25) is 4.79 Å². The zero-order chi connectivity index (χ0) is 14.2. The third-order valence-electron chi connectivity index (χ3n) is 2.65. The maximum Gasteiger partial charge on any atom is 0.248 e. The minimum atomic E-state index is -0.0172. The number of hydrogen-bond acceptors (Lipinski definition) is 6. The predicted molar refractivity (Wildman–Crippen MR) is 75.4 cm³/mol. The van der Waals surface area contributed by atoms with Crippen molar-refractivity contribution >= 4 is 17.2 Å². The number of nitrogens with one attached hydrogen (secondary N) is 1. The maximum absolute atomic E-state index is 11.6. The molecule has 2 rings (SSSR count). The molecule has 0 saturated carbocycles. The van der Waals surface area contributed by atoms with E-state index in [1.165, 1.54) is 0 Å². The lowest BCUT2D eigenvalue weighted by atomic mass is 10.3. The smallest absolute Gasteiger partial charge is 0.248 e. The zero-order valence-corrected chi connectivity index (χ0v) is 12.1. The lowest BCUT2D eigenvalue weighted by molar-refractivity contribution is -0.121. The fraction of sp³-hybridized carbons (Fsp3) is 0.462. The van der Waals surface area contributed by atoms with E-state index in [-0.39, 0.29) is 5.91 Å². The fourth-order valence-corrected chi connectivity index (χ4v) is 2.24. The molecule has 1 amide bonds. The van der Waals surface area contributed by atoms with Crippen molar-refractivity contribution in [3.8, 4) is 11.5 Å². The summed E-state index contributed by atoms with van der Waals surface area (Å²) >= 11 is 1.57. The summed E-state index contributed by atoms with van der Waals surface area (Å²) in [7, 11) is 1.64. The summed E-state index contributed by atoms with van der Waals surface area (Å²) in [6.45, 7) is 1.27. The van der Waals surface area contributed by atoms with Crippen molar-refractivity contribution in [3.05, 3.63) is 22.7 Å². The summed E-state index contributed by atoms with van der Waals surface area (Å²) < 4.78 is 10.4. The van der Waals surface area contributed by atoms with Gasteiger partial charge in [-0.2, -0.15) is 11.3 Å². The molecule has 0 aromatic carbocycles. The third-order valence-corrected chi connectivity index (χ3v) is 3.33. The number of thiophene rings is 1. The van der Waals surface area contributed by atoms with Crippen LogP contribution in [0, 0.1) is 0 Å². The fourth-order valence-electron chi connectivity index (χ4n) is 1.61. The number of amides is 1. The van der Waals surface area contributed by atoms with Gasteiger partial charge in [0.05, 0.1) is 0 Å². The number of carbonyl (C=O) groups is 1. The average Bonchev–Trinajstić information content (AvgIpc) is 3.11. The Hall–Kier alpha value is -1.73. The van der Waals surface area contributed by atoms with Crippen LogP contribution in [-0.2, 0) is 16.0 Å². The molecule has 2 aromatic heterocycles. The van der Waals surface area contributed by atoms with Gasteiger partial charge in [0.1, 0.15) is 0 Å². The van der Waals surface area contributed by atoms with E-state index in [1.807, 2.05) is 16.8 Å². The summed E-state index contributed by atoms with van der Waals surface area (Å²) in [5, 5.41) is 14.6. The monoisotopic (exact) mass is 295 g/mol. The van der Waals surface area contributed by atoms with E-state index in [2.05, 4.69) is 15.5 Å². The molecule has 0 radical (unpaired) electrons. The van der Waals surface area contributed by atoms with Gasteiger partial charge in [0.2, 0.25) is 17.7 Å². The van der Waals surface area contributed by atoms with Crippen LogP contribution in [0.2, 0.25) is 0 Å². The first-order valence-electron chi connectivity index (χ1n) is 6.40. The predicted octanol–water partition coefficient (Wildman–Crippen LogP) is 1.88. The highest BCUT2D eigenvalue weighted by Gasteiger charge is 2.10. The summed E-state index contributed by atoms with van der Waals surface area (Å²) in [6, 6.07) is 1.92. The van der Waals surface area contributed by atoms with Crippen LogP contribution < -0.4 is 5.32 Å². The van der Waals surface area contributed by atoms with E-state index in [0.29, 0.717) is 37.8 Å². The van der Waals surface area contributed by atoms with E-state index < -0.39 is 0 Å². The molecule has 0 bridgehead atoms. The first kappa shape index (κ1) is 14.7. The molecule has 2 aromatic rings. The van der Waals surface area contributed by atoms with Crippen molar-refractivity contribution < 1.29 is 13.9 Å². The number of aromatic nitrogens is 2. The number of aryl methyl sites for hydroxylation is 1. The van der Waals surface area contributed by atoms with Crippen LogP contribution in [0.25, 0.3) is 11.5 Å². The lowest BCUT2D eigenvalue weighted by Gasteiger charge is -2.03. The van der Waals surface area contributed by atoms with Crippen molar-refractivity contribution in [2.45, 2.75) is 19.3 Å². The summed E-state index contributed by atoms with van der Waals surface area (Å²) in [4.78, 5) is 11.6. The minimum Gasteiger partial charge on any atom is -0.421 e. The second kappa shape index (κ2) is 7.76. The van der Waals surface area contributed by atoms with Crippen molar-refractivity contribution in [1.29, 1.82) is 0 Å². The van der Waals surface area contributed by atoms with E-state index in [9.17, 15) is 4.79 Å². The molecule has 0 atom stereocenters. The van der Waals surface area contributed by atoms with Crippen LogP contribution in [0.4, 0.5) is 0 Å². The number of methoxy groups -OCH3 is 1. The summed E-state index contributed by atoms with van der Waals surface area (Å²) in [5.74, 6) is 0.969. The average molecular weight is 295 g/mol. The lowest BCUT2D eigenvalue weighted by Crippen LogP contribution is -2.25. The Balaban J connectivity index is 1.73. The van der Waals surface area contributed by atoms with Crippen LogP contribution >= 0.6 is 11.3 Å². The second-order valence-electron chi connectivity index (χ2n) is 4.21. The van der Waals surface area contributed by atoms with E-state index in [0.717, 1.165) is 12.0 Å². The SMILES string of the molecule is COCCCNC(=O)CCc1nnc(-c2ccsc2)o1. The van der Waals surface area contributed by atoms with Gasteiger partial charge in [0, 0.05) is 44.0 Å². The molecule has 0 aliphatic rings. The third kappa shape index (κ3) is 4.43. The van der Waals surface area contributed by atoms with Crippen LogP contribution in [0.3, 0.4) is 0 Å². The largest absolute Gasteiger partial charge is 0.421 e. The van der Waals surface area contributed by atoms with Crippen molar-refractivity contribution in [2.75, 3.05) is 20.3 Å². The molecule has 6 nitrogen and oxygen atoms in total. The highest BCUT2D eigenvalue weighted by molar-refractivity contribution is 7.08. The molecular formula is C13H17N3O3S. The van der Waals surface area contributed by atoms with Gasteiger partial charge >= 0.3 is 0 Å². The number of rotatable bonds is 8. The Kier molecular flexibility index (Phi) is 5.69. The molecule has 0 aliphatic carbocycles. The Labute approximate surface area is 121 Å². The molecule has 0 aliphatic heterocycles. The Bertz CT molecular complexity index is 525. The van der Waals surface area contributed by atoms with Crippen molar-refractivity contribution in [2.24, 2.45) is 0 Å². The quantitative estimate of drug-likeness (QED) is 0.752. The molecule has 0 unspecified atom stereocenters. The van der Waals surface area contributed by atoms with E-state index in [4.69, 9.17) is 9.15 Å². The highest BCUT2D eigenvalue weighted by atomic mass is 32.1. The maximum atomic E-state index is 11.6. The van der Waals surface area contributed by atoms with Gasteiger partial charge in [-0.15, -0.1) is 10.2 Å².